The number of allylic oxidation sites excluding steroid dienone is 4. The quantitative estimate of drug-likeness (QED) is 0.663. The van der Waals surface area contributed by atoms with Gasteiger partial charge in [0.2, 0.25) is 5.91 Å². The van der Waals surface area contributed by atoms with Gasteiger partial charge in [-0.2, -0.15) is 0 Å². The second-order valence-corrected chi connectivity index (χ2v) is 8.97. The lowest BCUT2D eigenvalue weighted by Gasteiger charge is -2.36. The van der Waals surface area contributed by atoms with Crippen LogP contribution >= 0.6 is 0 Å². The normalized spacial score (nSPS) is 23.8. The highest BCUT2D eigenvalue weighted by Crippen LogP contribution is 2.36. The third kappa shape index (κ3) is 4.69. The van der Waals surface area contributed by atoms with E-state index in [2.05, 4.69) is 18.6 Å². The molecule has 5 nitrogen and oxygen atoms in total. The Hall–Kier alpha value is -2.77. The molecule has 2 atom stereocenters. The molecule has 1 aromatic carbocycles. The molecule has 0 spiro atoms. The molecule has 0 unspecified atom stereocenters. The van der Waals surface area contributed by atoms with Crippen molar-refractivity contribution in [2.75, 3.05) is 19.6 Å². The Morgan fingerprint density at radius 2 is 1.81 bits per heavy atom. The fraction of sp³-hybridized carbons (Fsp3) is 0.500. The van der Waals surface area contributed by atoms with Crippen molar-refractivity contribution in [3.8, 4) is 0 Å². The van der Waals surface area contributed by atoms with Crippen LogP contribution in [0.15, 0.2) is 47.9 Å². The topological polar surface area (TPSA) is 49.9 Å². The molecule has 3 aliphatic rings. The Morgan fingerprint density at radius 3 is 2.41 bits per heavy atom. The van der Waals surface area contributed by atoms with Crippen molar-refractivity contribution in [3.63, 3.8) is 0 Å². The molecular formula is C24H27F3N2O3. The van der Waals surface area contributed by atoms with Gasteiger partial charge in [-0.15, -0.1) is 13.2 Å². The molecule has 2 heterocycles. The molecule has 4 rings (SSSR count). The summed E-state index contributed by atoms with van der Waals surface area (Å²) in [5.74, 6) is -0.0432. The summed E-state index contributed by atoms with van der Waals surface area (Å²) in [6, 6.07) is 7.61. The summed E-state index contributed by atoms with van der Waals surface area (Å²) >= 11 is 0. The summed E-state index contributed by atoms with van der Waals surface area (Å²) in [5, 5.41) is 0. The standard InChI is InChI=1S/C24H27F3N2O3/c1-15(2)16-3-5-17(6-4-16)22(30)28-13-18-11-12-29(23(31)21(18)14-28)19-7-9-20(10-8-19)32-24(25,26)27/h3-7,9,15,18,21H,8,10-14H2,1-2H3/t18-,21+/m0/s1. The van der Waals surface area contributed by atoms with E-state index in [9.17, 15) is 22.8 Å². The average molecular weight is 448 g/mol. The van der Waals surface area contributed by atoms with Gasteiger partial charge in [0.15, 0.2) is 0 Å². The summed E-state index contributed by atoms with van der Waals surface area (Å²) in [5.41, 5.74) is 2.49. The Bertz CT molecular complexity index is 950. The van der Waals surface area contributed by atoms with Crippen LogP contribution in [-0.4, -0.2) is 47.6 Å². The van der Waals surface area contributed by atoms with Crippen molar-refractivity contribution in [1.82, 2.24) is 9.80 Å². The van der Waals surface area contributed by atoms with E-state index in [0.717, 1.165) is 6.42 Å². The molecule has 2 amide bonds. The van der Waals surface area contributed by atoms with Crippen molar-refractivity contribution in [1.29, 1.82) is 0 Å². The maximum atomic E-state index is 13.2. The molecule has 8 heteroatoms. The number of benzene rings is 1. The third-order valence-corrected chi connectivity index (χ3v) is 6.54. The van der Waals surface area contributed by atoms with Crippen LogP contribution in [-0.2, 0) is 9.53 Å². The zero-order valence-electron chi connectivity index (χ0n) is 18.2. The van der Waals surface area contributed by atoms with Gasteiger partial charge in [-0.25, -0.2) is 0 Å². The van der Waals surface area contributed by atoms with Crippen LogP contribution in [0, 0.1) is 11.8 Å². The summed E-state index contributed by atoms with van der Waals surface area (Å²) in [6.45, 7) is 5.64. The summed E-state index contributed by atoms with van der Waals surface area (Å²) < 4.78 is 41.2. The number of nitrogens with zero attached hydrogens (tertiary/aromatic N) is 2. The smallest absolute Gasteiger partial charge is 0.410 e. The SMILES string of the molecule is CC(C)c1ccc(C(=O)N2C[C@@H]3CCN(C4=CC=C(OC(F)(F)F)CC4)C(=O)[C@@H]3C2)cc1. The molecule has 1 aliphatic carbocycles. The van der Waals surface area contributed by atoms with Crippen molar-refractivity contribution in [2.24, 2.45) is 11.8 Å². The molecule has 0 N–H and O–H groups in total. The number of carbonyl (C=O) groups is 2. The van der Waals surface area contributed by atoms with E-state index in [-0.39, 0.29) is 35.8 Å². The van der Waals surface area contributed by atoms with E-state index in [1.165, 1.54) is 17.7 Å². The summed E-state index contributed by atoms with van der Waals surface area (Å²) in [6.07, 6.45) is -0.705. The fourth-order valence-electron chi connectivity index (χ4n) is 4.76. The number of hydrogen-bond acceptors (Lipinski definition) is 3. The molecule has 0 aromatic heterocycles. The second-order valence-electron chi connectivity index (χ2n) is 8.97. The van der Waals surface area contributed by atoms with E-state index < -0.39 is 6.36 Å². The van der Waals surface area contributed by atoms with Crippen LogP contribution in [0.2, 0.25) is 0 Å². The van der Waals surface area contributed by atoms with Gasteiger partial charge in [-0.3, -0.25) is 9.59 Å². The van der Waals surface area contributed by atoms with Gasteiger partial charge in [0.05, 0.1) is 5.92 Å². The molecule has 0 bridgehead atoms. The first-order valence-electron chi connectivity index (χ1n) is 11.0. The Kier molecular flexibility index (Phi) is 6.05. The predicted molar refractivity (Wildman–Crippen MR) is 112 cm³/mol. The molecular weight excluding hydrogens is 421 g/mol. The Balaban J connectivity index is 1.42. The maximum Gasteiger partial charge on any atom is 0.572 e. The second kappa shape index (κ2) is 8.64. The third-order valence-electron chi connectivity index (χ3n) is 6.54. The number of halogens is 3. The summed E-state index contributed by atoms with van der Waals surface area (Å²) in [7, 11) is 0. The van der Waals surface area contributed by atoms with Gasteiger partial charge < -0.3 is 14.5 Å². The molecule has 0 saturated carbocycles. The highest BCUT2D eigenvalue weighted by atomic mass is 19.4. The van der Waals surface area contributed by atoms with Gasteiger partial charge in [0, 0.05) is 37.3 Å². The Morgan fingerprint density at radius 1 is 1.09 bits per heavy atom. The van der Waals surface area contributed by atoms with Crippen LogP contribution < -0.4 is 0 Å². The van der Waals surface area contributed by atoms with Crippen molar-refractivity contribution in [2.45, 2.75) is 45.4 Å². The van der Waals surface area contributed by atoms with Crippen LogP contribution in [0.5, 0.6) is 0 Å². The largest absolute Gasteiger partial charge is 0.572 e. The predicted octanol–water partition coefficient (Wildman–Crippen LogP) is 4.83. The van der Waals surface area contributed by atoms with Crippen molar-refractivity contribution >= 4 is 11.8 Å². The van der Waals surface area contributed by atoms with E-state index >= 15 is 0 Å². The van der Waals surface area contributed by atoms with Gasteiger partial charge in [-0.1, -0.05) is 26.0 Å². The van der Waals surface area contributed by atoms with E-state index in [0.29, 0.717) is 43.2 Å². The Labute approximate surface area is 185 Å². The van der Waals surface area contributed by atoms with Gasteiger partial charge in [-0.05, 0) is 54.5 Å². The maximum absolute atomic E-state index is 13.2. The molecule has 2 aliphatic heterocycles. The zero-order chi connectivity index (χ0) is 23.0. The van der Waals surface area contributed by atoms with Crippen LogP contribution in [0.3, 0.4) is 0 Å². The van der Waals surface area contributed by atoms with E-state index in [1.54, 1.807) is 9.80 Å². The number of alkyl halides is 3. The number of amides is 2. The summed E-state index contributed by atoms with van der Waals surface area (Å²) in [4.78, 5) is 29.6. The first-order chi connectivity index (χ1) is 15.1. The lowest BCUT2D eigenvalue weighted by atomic mass is 9.87. The van der Waals surface area contributed by atoms with Crippen LogP contribution in [0.1, 0.15) is 54.9 Å². The molecule has 172 valence electrons. The first kappa shape index (κ1) is 22.4. The zero-order valence-corrected chi connectivity index (χ0v) is 18.2. The fourth-order valence-corrected chi connectivity index (χ4v) is 4.76. The van der Waals surface area contributed by atoms with E-state index in [1.807, 2.05) is 24.3 Å². The number of hydrogen-bond donors (Lipinski definition) is 0. The lowest BCUT2D eigenvalue weighted by Crippen LogP contribution is -2.44. The van der Waals surface area contributed by atoms with Crippen molar-refractivity contribution in [3.05, 3.63) is 59.0 Å². The molecule has 1 aromatic rings. The highest BCUT2D eigenvalue weighted by Gasteiger charge is 2.45. The molecule has 0 radical (unpaired) electrons. The minimum atomic E-state index is -4.71. The number of ether oxygens (including phenoxy) is 1. The van der Waals surface area contributed by atoms with Crippen molar-refractivity contribution < 1.29 is 27.5 Å². The number of likely N-dealkylation sites (tertiary alicyclic amines) is 2. The van der Waals surface area contributed by atoms with E-state index in [4.69, 9.17) is 0 Å². The van der Waals surface area contributed by atoms with Crippen LogP contribution in [0.25, 0.3) is 0 Å². The number of piperidine rings is 1. The highest BCUT2D eigenvalue weighted by molar-refractivity contribution is 5.95. The molecule has 32 heavy (non-hydrogen) atoms. The van der Waals surface area contributed by atoms with Gasteiger partial charge in [0.1, 0.15) is 5.76 Å². The molecule has 2 fully saturated rings. The minimum absolute atomic E-state index is 0.0495. The molecule has 2 saturated heterocycles. The number of rotatable bonds is 4. The number of carbonyl (C=O) groups excluding carboxylic acids is 2. The van der Waals surface area contributed by atoms with Gasteiger partial charge >= 0.3 is 6.36 Å². The lowest BCUT2D eigenvalue weighted by molar-refractivity contribution is -0.306. The average Bonchev–Trinajstić information content (AvgIpc) is 3.18. The monoisotopic (exact) mass is 448 g/mol. The minimum Gasteiger partial charge on any atom is -0.410 e. The number of fused-ring (bicyclic) bond motifs is 1. The van der Waals surface area contributed by atoms with Crippen LogP contribution in [0.4, 0.5) is 13.2 Å². The first-order valence-corrected chi connectivity index (χ1v) is 11.0. The van der Waals surface area contributed by atoms with Gasteiger partial charge in [0.25, 0.3) is 5.91 Å².